The molecule has 2 heterocycles. The Morgan fingerprint density at radius 2 is 1.52 bits per heavy atom. The predicted molar refractivity (Wildman–Crippen MR) is 111 cm³/mol. The van der Waals surface area contributed by atoms with Crippen LogP contribution < -0.4 is 0 Å². The van der Waals surface area contributed by atoms with E-state index >= 15 is 0 Å². The fourth-order valence-corrected chi connectivity index (χ4v) is 6.86. The van der Waals surface area contributed by atoms with Crippen molar-refractivity contribution in [3.8, 4) is 0 Å². The van der Waals surface area contributed by atoms with E-state index in [1.165, 1.54) is 4.31 Å². The molecule has 1 aromatic carbocycles. The zero-order valence-electron chi connectivity index (χ0n) is 16.9. The van der Waals surface area contributed by atoms with Gasteiger partial charge in [-0.05, 0) is 38.5 Å². The Bertz CT molecular complexity index is 961. The summed E-state index contributed by atoms with van der Waals surface area (Å²) >= 11 is 0. The average Bonchev–Trinajstić information content (AvgIpc) is 2.76. The van der Waals surface area contributed by atoms with Gasteiger partial charge in [0, 0.05) is 36.8 Å². The first kappa shape index (κ1) is 20.3. The summed E-state index contributed by atoms with van der Waals surface area (Å²) in [6.45, 7) is 3.59. The number of hydrogen-bond acceptors (Lipinski definition) is 5. The average molecular weight is 417 g/mol. The van der Waals surface area contributed by atoms with Gasteiger partial charge in [-0.3, -0.25) is 9.59 Å². The van der Waals surface area contributed by atoms with Crippen molar-refractivity contribution in [1.82, 2.24) is 9.21 Å². The first-order valence-electron chi connectivity index (χ1n) is 10.7. The smallest absolute Gasteiger partial charge is 0.249 e. The van der Waals surface area contributed by atoms with Crippen LogP contribution in [0.1, 0.15) is 72.6 Å². The van der Waals surface area contributed by atoms with Crippen molar-refractivity contribution in [3.05, 3.63) is 46.0 Å². The van der Waals surface area contributed by atoms with E-state index in [1.54, 1.807) is 24.3 Å². The molecule has 0 bridgehead atoms. The number of fused-ring (bicyclic) bond motifs is 1. The van der Waals surface area contributed by atoms with Crippen LogP contribution in [0.5, 0.6) is 0 Å². The van der Waals surface area contributed by atoms with Gasteiger partial charge < -0.3 is 4.90 Å². The van der Waals surface area contributed by atoms with Crippen LogP contribution in [0.15, 0.2) is 34.9 Å². The maximum absolute atomic E-state index is 13.8. The SMILES string of the molecule is CCC1CCCCN1S(=O)(=O)C1=C(N2CCCCC2)C(=O)c2ccccc2C1=O. The minimum Gasteiger partial charge on any atom is -0.367 e. The molecule has 0 aromatic heterocycles. The van der Waals surface area contributed by atoms with E-state index in [0.29, 0.717) is 31.6 Å². The van der Waals surface area contributed by atoms with Gasteiger partial charge in [-0.25, -0.2) is 8.42 Å². The molecule has 0 saturated carbocycles. The number of nitrogens with zero attached hydrogens (tertiary/aromatic N) is 2. The van der Waals surface area contributed by atoms with Crippen LogP contribution in [-0.2, 0) is 10.0 Å². The number of sulfonamides is 1. The topological polar surface area (TPSA) is 74.8 Å². The van der Waals surface area contributed by atoms with Gasteiger partial charge in [-0.1, -0.05) is 37.6 Å². The molecule has 3 aliphatic rings. The highest BCUT2D eigenvalue weighted by atomic mass is 32.2. The molecular weight excluding hydrogens is 388 g/mol. The molecule has 4 rings (SSSR count). The minimum absolute atomic E-state index is 0.0915. The minimum atomic E-state index is -4.07. The van der Waals surface area contributed by atoms with Crippen LogP contribution in [0.2, 0.25) is 0 Å². The predicted octanol–water partition coefficient (Wildman–Crippen LogP) is 3.36. The van der Waals surface area contributed by atoms with E-state index in [4.69, 9.17) is 0 Å². The number of Topliss-reactive ketones (excluding diaryl/α,β-unsaturated/α-hetero) is 2. The van der Waals surface area contributed by atoms with Crippen LogP contribution in [0.25, 0.3) is 0 Å². The summed E-state index contributed by atoms with van der Waals surface area (Å²) in [5, 5.41) is 0. The number of rotatable bonds is 4. The van der Waals surface area contributed by atoms with Gasteiger partial charge in [0.05, 0.1) is 0 Å². The van der Waals surface area contributed by atoms with Gasteiger partial charge in [0.1, 0.15) is 5.70 Å². The molecule has 29 heavy (non-hydrogen) atoms. The molecule has 2 aliphatic heterocycles. The zero-order chi connectivity index (χ0) is 20.6. The van der Waals surface area contributed by atoms with Gasteiger partial charge >= 0.3 is 0 Å². The molecule has 1 aromatic rings. The largest absolute Gasteiger partial charge is 0.367 e. The summed E-state index contributed by atoms with van der Waals surface area (Å²) in [5.41, 5.74) is 0.596. The van der Waals surface area contributed by atoms with E-state index in [1.807, 2.05) is 11.8 Å². The number of piperidine rings is 2. The molecule has 1 atom stereocenters. The Balaban J connectivity index is 1.89. The second kappa shape index (κ2) is 8.03. The standard InChI is InChI=1S/C22H28N2O4S/c1-2-16-10-6-9-15-24(16)29(27,28)22-19(23-13-7-3-8-14-23)20(25)17-11-4-5-12-18(17)21(22)26/h4-5,11-12,16H,2-3,6-10,13-15H2,1H3. The summed E-state index contributed by atoms with van der Waals surface area (Å²) < 4.78 is 29.1. The van der Waals surface area contributed by atoms with Crippen molar-refractivity contribution in [2.45, 2.75) is 57.9 Å². The third kappa shape index (κ3) is 3.44. The number of likely N-dealkylation sites (tertiary alicyclic amines) is 1. The lowest BCUT2D eigenvalue weighted by Crippen LogP contribution is -2.47. The van der Waals surface area contributed by atoms with Gasteiger partial charge in [0.15, 0.2) is 4.91 Å². The molecule has 6 nitrogen and oxygen atoms in total. The monoisotopic (exact) mass is 416 g/mol. The molecule has 7 heteroatoms. The Morgan fingerprint density at radius 3 is 2.17 bits per heavy atom. The molecule has 0 spiro atoms. The van der Waals surface area contributed by atoms with Crippen LogP contribution in [0, 0.1) is 0 Å². The zero-order valence-corrected chi connectivity index (χ0v) is 17.7. The van der Waals surface area contributed by atoms with E-state index in [-0.39, 0.29) is 28.0 Å². The van der Waals surface area contributed by atoms with E-state index in [0.717, 1.165) is 38.5 Å². The normalized spacial score (nSPS) is 24.0. The van der Waals surface area contributed by atoms with Crippen LogP contribution in [0.4, 0.5) is 0 Å². The molecule has 2 saturated heterocycles. The third-order valence-electron chi connectivity index (χ3n) is 6.34. The molecule has 0 amide bonds. The first-order chi connectivity index (χ1) is 14.0. The number of benzene rings is 1. The van der Waals surface area contributed by atoms with Crippen molar-refractivity contribution in [2.24, 2.45) is 0 Å². The highest BCUT2D eigenvalue weighted by molar-refractivity contribution is 7.94. The first-order valence-corrected chi connectivity index (χ1v) is 12.1. The van der Waals surface area contributed by atoms with Crippen molar-refractivity contribution < 1.29 is 18.0 Å². The van der Waals surface area contributed by atoms with Crippen LogP contribution in [0.3, 0.4) is 0 Å². The Hall–Kier alpha value is -1.99. The Morgan fingerprint density at radius 1 is 0.897 bits per heavy atom. The fraction of sp³-hybridized carbons (Fsp3) is 0.545. The van der Waals surface area contributed by atoms with E-state index in [9.17, 15) is 18.0 Å². The van der Waals surface area contributed by atoms with Crippen molar-refractivity contribution in [3.63, 3.8) is 0 Å². The van der Waals surface area contributed by atoms with Gasteiger partial charge in [-0.2, -0.15) is 4.31 Å². The quantitative estimate of drug-likeness (QED) is 0.752. The Labute approximate surface area is 172 Å². The highest BCUT2D eigenvalue weighted by Crippen LogP contribution is 2.36. The molecule has 0 radical (unpaired) electrons. The maximum atomic E-state index is 13.8. The number of hydrogen-bond donors (Lipinski definition) is 0. The number of allylic oxidation sites excluding steroid dienone is 2. The van der Waals surface area contributed by atoms with Gasteiger partial charge in [0.25, 0.3) is 0 Å². The van der Waals surface area contributed by atoms with E-state index in [2.05, 4.69) is 0 Å². The lowest BCUT2D eigenvalue weighted by atomic mass is 9.91. The van der Waals surface area contributed by atoms with Crippen LogP contribution in [-0.4, -0.2) is 54.9 Å². The molecule has 1 aliphatic carbocycles. The number of carbonyl (C=O) groups excluding carboxylic acids is 2. The summed E-state index contributed by atoms with van der Waals surface area (Å²) in [6.07, 6.45) is 6.08. The molecule has 2 fully saturated rings. The molecule has 0 N–H and O–H groups in total. The third-order valence-corrected chi connectivity index (χ3v) is 8.33. The summed E-state index contributed by atoms with van der Waals surface area (Å²) in [7, 11) is -4.07. The highest BCUT2D eigenvalue weighted by Gasteiger charge is 2.45. The number of carbonyl (C=O) groups is 2. The summed E-state index contributed by atoms with van der Waals surface area (Å²) in [4.78, 5) is 28.4. The second-order valence-electron chi connectivity index (χ2n) is 8.10. The maximum Gasteiger partial charge on any atom is 0.249 e. The fourth-order valence-electron chi connectivity index (χ4n) is 4.80. The van der Waals surface area contributed by atoms with Crippen molar-refractivity contribution >= 4 is 21.6 Å². The summed E-state index contributed by atoms with van der Waals surface area (Å²) in [5.74, 6) is -0.882. The Kier molecular flexibility index (Phi) is 5.62. The van der Waals surface area contributed by atoms with Crippen LogP contribution >= 0.6 is 0 Å². The second-order valence-corrected chi connectivity index (χ2v) is 9.93. The van der Waals surface area contributed by atoms with Gasteiger partial charge in [-0.15, -0.1) is 0 Å². The molecular formula is C22H28N2O4S. The molecule has 1 unspecified atom stereocenters. The molecule has 156 valence electrons. The number of ketones is 2. The summed E-state index contributed by atoms with van der Waals surface area (Å²) in [6, 6.07) is 6.46. The van der Waals surface area contributed by atoms with E-state index < -0.39 is 15.8 Å². The lowest BCUT2D eigenvalue weighted by molar-refractivity contribution is 0.0938. The lowest BCUT2D eigenvalue weighted by Gasteiger charge is -2.38. The van der Waals surface area contributed by atoms with Gasteiger partial charge in [0.2, 0.25) is 21.6 Å². The van der Waals surface area contributed by atoms with Crippen molar-refractivity contribution in [1.29, 1.82) is 0 Å². The van der Waals surface area contributed by atoms with Crippen molar-refractivity contribution in [2.75, 3.05) is 19.6 Å².